The first-order valence-electron chi connectivity index (χ1n) is 10.8. The number of piperidine rings is 1. The summed E-state index contributed by atoms with van der Waals surface area (Å²) in [7, 11) is 0. The smallest absolute Gasteiger partial charge is 0.231 e. The van der Waals surface area contributed by atoms with Crippen LogP contribution in [0.25, 0.3) is 0 Å². The highest BCUT2D eigenvalue weighted by atomic mass is 35.5. The fourth-order valence-corrected chi connectivity index (χ4v) is 4.88. The highest BCUT2D eigenvalue weighted by Crippen LogP contribution is 2.36. The zero-order chi connectivity index (χ0) is 21.9. The molecule has 1 unspecified atom stereocenters. The second kappa shape index (κ2) is 9.53. The molecule has 0 aromatic heterocycles. The summed E-state index contributed by atoms with van der Waals surface area (Å²) in [6, 6.07) is 22.5. The van der Waals surface area contributed by atoms with E-state index in [9.17, 15) is 0 Å². The Morgan fingerprint density at radius 2 is 1.72 bits per heavy atom. The van der Waals surface area contributed by atoms with Gasteiger partial charge in [-0.15, -0.1) is 0 Å². The molecule has 32 heavy (non-hydrogen) atoms. The van der Waals surface area contributed by atoms with Crippen molar-refractivity contribution in [3.05, 3.63) is 93.5 Å². The molecule has 1 fully saturated rings. The van der Waals surface area contributed by atoms with Crippen molar-refractivity contribution in [2.24, 2.45) is 4.99 Å². The lowest BCUT2D eigenvalue weighted by Gasteiger charge is -2.37. The van der Waals surface area contributed by atoms with Crippen molar-refractivity contribution in [1.82, 2.24) is 4.90 Å². The van der Waals surface area contributed by atoms with Crippen LogP contribution in [0.15, 0.2) is 71.7 Å². The number of aliphatic imine (C=N–C) groups is 1. The summed E-state index contributed by atoms with van der Waals surface area (Å²) in [5.41, 5.74) is 3.30. The fraction of sp³-hybridized carbons (Fsp3) is 0.269. The number of likely N-dealkylation sites (tertiary alicyclic amines) is 1. The average Bonchev–Trinajstić information content (AvgIpc) is 3.28. The van der Waals surface area contributed by atoms with Gasteiger partial charge < -0.3 is 9.47 Å². The van der Waals surface area contributed by atoms with Crippen LogP contribution < -0.4 is 9.47 Å². The number of hydrogen-bond donors (Lipinski definition) is 0. The minimum absolute atomic E-state index is 0.0705. The second-order valence-electron chi connectivity index (χ2n) is 8.14. The van der Waals surface area contributed by atoms with E-state index in [0.717, 1.165) is 64.2 Å². The number of halogens is 2. The van der Waals surface area contributed by atoms with E-state index in [2.05, 4.69) is 17.0 Å². The van der Waals surface area contributed by atoms with E-state index in [1.54, 1.807) is 0 Å². The van der Waals surface area contributed by atoms with E-state index in [1.807, 2.05) is 60.8 Å². The van der Waals surface area contributed by atoms with E-state index in [1.165, 1.54) is 0 Å². The largest absolute Gasteiger partial charge is 0.454 e. The molecule has 164 valence electrons. The summed E-state index contributed by atoms with van der Waals surface area (Å²) in [6.45, 7) is 2.16. The van der Waals surface area contributed by atoms with Crippen molar-refractivity contribution >= 4 is 29.4 Å². The molecular formula is C26H24Cl2N2O2. The van der Waals surface area contributed by atoms with Gasteiger partial charge in [0.25, 0.3) is 0 Å². The van der Waals surface area contributed by atoms with Gasteiger partial charge in [0.2, 0.25) is 6.79 Å². The van der Waals surface area contributed by atoms with E-state index < -0.39 is 0 Å². The standard InChI is InChI=1S/C26H24Cl2N2O2/c27-20-5-3-4-19(15-20)26(22-6-1-2-7-23(22)28)30-12-10-21(11-13-30)29-16-18-8-9-24-25(14-18)32-17-31-24/h1-9,14-16,21,26H,10-13,17H2. The number of rotatable bonds is 5. The van der Waals surface area contributed by atoms with Crippen LogP contribution in [0, 0.1) is 0 Å². The first-order valence-corrected chi connectivity index (χ1v) is 11.6. The Morgan fingerprint density at radius 1 is 0.906 bits per heavy atom. The summed E-state index contributed by atoms with van der Waals surface area (Å²) in [5, 5.41) is 1.52. The van der Waals surface area contributed by atoms with Gasteiger partial charge in [0, 0.05) is 29.3 Å². The molecule has 0 spiro atoms. The fourth-order valence-electron chi connectivity index (χ4n) is 4.44. The first kappa shape index (κ1) is 21.3. The first-order chi connectivity index (χ1) is 15.7. The molecule has 6 heteroatoms. The summed E-state index contributed by atoms with van der Waals surface area (Å²) >= 11 is 12.9. The number of nitrogens with zero attached hydrogens (tertiary/aromatic N) is 2. The maximum absolute atomic E-state index is 6.61. The molecule has 0 aliphatic carbocycles. The highest BCUT2D eigenvalue weighted by Gasteiger charge is 2.28. The molecular weight excluding hydrogens is 443 g/mol. The van der Waals surface area contributed by atoms with E-state index >= 15 is 0 Å². The minimum atomic E-state index is 0.0705. The highest BCUT2D eigenvalue weighted by molar-refractivity contribution is 6.31. The van der Waals surface area contributed by atoms with Gasteiger partial charge in [-0.05, 0) is 65.9 Å². The molecule has 3 aromatic rings. The zero-order valence-electron chi connectivity index (χ0n) is 17.6. The number of ether oxygens (including phenoxy) is 2. The van der Waals surface area contributed by atoms with Crippen LogP contribution in [0.2, 0.25) is 10.0 Å². The van der Waals surface area contributed by atoms with Crippen LogP contribution in [0.4, 0.5) is 0 Å². The molecule has 2 heterocycles. The lowest BCUT2D eigenvalue weighted by atomic mass is 9.94. The lowest BCUT2D eigenvalue weighted by Crippen LogP contribution is -2.38. The van der Waals surface area contributed by atoms with Crippen molar-refractivity contribution in [1.29, 1.82) is 0 Å². The van der Waals surface area contributed by atoms with Crippen LogP contribution in [-0.2, 0) is 0 Å². The van der Waals surface area contributed by atoms with E-state index in [4.69, 9.17) is 37.7 Å². The van der Waals surface area contributed by atoms with Gasteiger partial charge in [0.05, 0.1) is 12.1 Å². The third kappa shape index (κ3) is 4.63. The predicted octanol–water partition coefficient (Wildman–Crippen LogP) is 6.40. The predicted molar refractivity (Wildman–Crippen MR) is 130 cm³/mol. The average molecular weight is 467 g/mol. The van der Waals surface area contributed by atoms with Crippen LogP contribution in [-0.4, -0.2) is 37.0 Å². The van der Waals surface area contributed by atoms with Gasteiger partial charge in [0.15, 0.2) is 11.5 Å². The number of hydrogen-bond acceptors (Lipinski definition) is 4. The van der Waals surface area contributed by atoms with Gasteiger partial charge >= 0.3 is 0 Å². The molecule has 5 rings (SSSR count). The summed E-state index contributed by atoms with van der Waals surface area (Å²) in [6.07, 6.45) is 3.93. The van der Waals surface area contributed by atoms with Crippen molar-refractivity contribution < 1.29 is 9.47 Å². The van der Waals surface area contributed by atoms with Crippen LogP contribution >= 0.6 is 23.2 Å². The molecule has 0 radical (unpaired) electrons. The van der Waals surface area contributed by atoms with Gasteiger partial charge in [-0.1, -0.05) is 53.5 Å². The van der Waals surface area contributed by atoms with E-state index in [0.29, 0.717) is 6.04 Å². The quantitative estimate of drug-likeness (QED) is 0.408. The van der Waals surface area contributed by atoms with Crippen molar-refractivity contribution in [3.63, 3.8) is 0 Å². The Kier molecular flexibility index (Phi) is 6.35. The van der Waals surface area contributed by atoms with Gasteiger partial charge in [-0.25, -0.2) is 0 Å². The van der Waals surface area contributed by atoms with Gasteiger partial charge in [-0.3, -0.25) is 9.89 Å². The lowest BCUT2D eigenvalue weighted by molar-refractivity contribution is 0.174. The molecule has 1 saturated heterocycles. The number of benzene rings is 3. The molecule has 0 amide bonds. The Labute approximate surface area is 198 Å². The Bertz CT molecular complexity index is 1130. The van der Waals surface area contributed by atoms with Crippen LogP contribution in [0.3, 0.4) is 0 Å². The summed E-state index contributed by atoms with van der Waals surface area (Å²) < 4.78 is 10.8. The Balaban J connectivity index is 1.31. The second-order valence-corrected chi connectivity index (χ2v) is 8.98. The van der Waals surface area contributed by atoms with Crippen molar-refractivity contribution in [2.75, 3.05) is 19.9 Å². The van der Waals surface area contributed by atoms with Crippen LogP contribution in [0.1, 0.15) is 35.6 Å². The van der Waals surface area contributed by atoms with Gasteiger partial charge in [0.1, 0.15) is 0 Å². The molecule has 3 aromatic carbocycles. The topological polar surface area (TPSA) is 34.1 Å². The van der Waals surface area contributed by atoms with Crippen molar-refractivity contribution in [3.8, 4) is 11.5 Å². The monoisotopic (exact) mass is 466 g/mol. The van der Waals surface area contributed by atoms with Crippen molar-refractivity contribution in [2.45, 2.75) is 24.9 Å². The molecule has 2 aliphatic rings. The SMILES string of the molecule is Clc1cccc(C(c2ccccc2Cl)N2CCC(N=Cc3ccc4c(c3)OCO4)CC2)c1. The Morgan fingerprint density at radius 3 is 2.53 bits per heavy atom. The minimum Gasteiger partial charge on any atom is -0.454 e. The molecule has 2 aliphatic heterocycles. The third-order valence-corrected chi connectivity index (χ3v) is 6.64. The molecule has 4 nitrogen and oxygen atoms in total. The maximum Gasteiger partial charge on any atom is 0.231 e. The Hall–Kier alpha value is -2.53. The molecule has 1 atom stereocenters. The summed E-state index contributed by atoms with van der Waals surface area (Å²) in [4.78, 5) is 7.34. The van der Waals surface area contributed by atoms with E-state index in [-0.39, 0.29) is 12.8 Å². The maximum atomic E-state index is 6.61. The third-order valence-electron chi connectivity index (χ3n) is 6.06. The summed E-state index contributed by atoms with van der Waals surface area (Å²) in [5.74, 6) is 1.58. The van der Waals surface area contributed by atoms with Crippen LogP contribution in [0.5, 0.6) is 11.5 Å². The molecule has 0 saturated carbocycles. The zero-order valence-corrected chi connectivity index (χ0v) is 19.1. The number of fused-ring (bicyclic) bond motifs is 1. The van der Waals surface area contributed by atoms with Gasteiger partial charge in [-0.2, -0.15) is 0 Å². The normalized spacial score (nSPS) is 17.7. The molecule has 0 bridgehead atoms. The molecule has 0 N–H and O–H groups in total.